The van der Waals surface area contributed by atoms with Gasteiger partial charge in [0, 0.05) is 16.7 Å². The van der Waals surface area contributed by atoms with Gasteiger partial charge in [0.25, 0.3) is 0 Å². The van der Waals surface area contributed by atoms with Gasteiger partial charge in [-0.2, -0.15) is 0 Å². The molecule has 4 aromatic carbocycles. The molecular weight excluding hydrogens is 524 g/mol. The molecule has 40 heavy (non-hydrogen) atoms. The smallest absolute Gasteiger partial charge is 0.319 e. The molecule has 8 heteroatoms. The van der Waals surface area contributed by atoms with Crippen molar-refractivity contribution in [2.45, 2.75) is 18.9 Å². The molecule has 200 valence electrons. The van der Waals surface area contributed by atoms with Crippen molar-refractivity contribution in [3.8, 4) is 11.5 Å². The quantitative estimate of drug-likeness (QED) is 0.101. The number of rotatable bonds is 9. The van der Waals surface area contributed by atoms with E-state index in [0.717, 1.165) is 32.5 Å². The van der Waals surface area contributed by atoms with Crippen LogP contribution in [0.3, 0.4) is 0 Å². The van der Waals surface area contributed by atoms with Gasteiger partial charge in [-0.25, -0.2) is 0 Å². The van der Waals surface area contributed by atoms with Gasteiger partial charge in [-0.15, -0.1) is 0 Å². The fraction of sp³-hybridized carbons (Fsp3) is 0.156. The maximum Gasteiger partial charge on any atom is 0.319 e. The number of ether oxygens (including phenoxy) is 2. The van der Waals surface area contributed by atoms with Crippen LogP contribution in [-0.4, -0.2) is 30.0 Å². The molecule has 1 aromatic heterocycles. The molecule has 1 unspecified atom stereocenters. The number of oxime groups is 1. The van der Waals surface area contributed by atoms with Crippen LogP contribution in [0.5, 0.6) is 11.5 Å². The number of aromatic nitrogens is 1. The average Bonchev–Trinajstić information content (AvgIpc) is 3.47. The van der Waals surface area contributed by atoms with Crippen LogP contribution >= 0.6 is 11.3 Å². The fourth-order valence-electron chi connectivity index (χ4n) is 4.96. The second kappa shape index (κ2) is 11.2. The van der Waals surface area contributed by atoms with Gasteiger partial charge in [-0.1, -0.05) is 83.2 Å². The minimum absolute atomic E-state index is 0.0419. The van der Waals surface area contributed by atoms with Gasteiger partial charge >= 0.3 is 10.8 Å². The molecule has 1 atom stereocenters. The van der Waals surface area contributed by atoms with Crippen LogP contribution in [0.1, 0.15) is 28.2 Å². The van der Waals surface area contributed by atoms with Crippen LogP contribution in [0, 0.1) is 0 Å². The zero-order chi connectivity index (χ0) is 27.5. The zero-order valence-corrected chi connectivity index (χ0v) is 22.6. The van der Waals surface area contributed by atoms with Gasteiger partial charge in [0.2, 0.25) is 0 Å². The van der Waals surface area contributed by atoms with E-state index >= 15 is 0 Å². The van der Waals surface area contributed by atoms with E-state index in [4.69, 9.17) is 14.3 Å². The maximum absolute atomic E-state index is 12.8. The van der Waals surface area contributed by atoms with E-state index in [1.54, 1.807) is 4.57 Å². The predicted molar refractivity (Wildman–Crippen MR) is 156 cm³/mol. The number of hydrogen-bond donors (Lipinski definition) is 0. The molecule has 1 aliphatic heterocycles. The lowest BCUT2D eigenvalue weighted by atomic mass is 9.93. The van der Waals surface area contributed by atoms with Crippen molar-refractivity contribution in [1.82, 2.24) is 4.57 Å². The molecule has 0 saturated heterocycles. The summed E-state index contributed by atoms with van der Waals surface area (Å²) in [6, 6.07) is 30.9. The Bertz CT molecular complexity index is 1760. The van der Waals surface area contributed by atoms with Gasteiger partial charge in [-0.05, 0) is 42.3 Å². The molecule has 0 aliphatic carbocycles. The first-order valence-corrected chi connectivity index (χ1v) is 13.7. The summed E-state index contributed by atoms with van der Waals surface area (Å²) in [6.07, 6.45) is 0.565. The van der Waals surface area contributed by atoms with E-state index < -0.39 is 0 Å². The minimum atomic E-state index is -0.299. The Hall–Kier alpha value is -4.69. The number of esters is 1. The molecular formula is C32H26N2O5S. The number of para-hydroxylation sites is 1. The molecule has 0 bridgehead atoms. The Morgan fingerprint density at radius 3 is 2.50 bits per heavy atom. The van der Waals surface area contributed by atoms with Crippen molar-refractivity contribution >= 4 is 33.2 Å². The average molecular weight is 551 g/mol. The number of benzene rings is 4. The number of hydrogen-bond acceptors (Lipinski definition) is 7. The first-order valence-electron chi connectivity index (χ1n) is 12.9. The third-order valence-electron chi connectivity index (χ3n) is 6.91. The standard InChI is InChI=1S/C32H26N2O5S/c1-37-33-30(22-7-3-2-4-8-22)23-13-16-27-29(20-23)40-32(36)34(27)17-18-38-24-14-11-21(12-15-24)19-26-25-9-5-6-10-28(25)39-31(26)35/h2-16,20,26H,17-19H2,1H3. The van der Waals surface area contributed by atoms with Crippen LogP contribution in [0.15, 0.2) is 107 Å². The molecule has 0 saturated carbocycles. The number of carbonyl (C=O) groups is 1. The van der Waals surface area contributed by atoms with E-state index in [0.29, 0.717) is 36.8 Å². The molecule has 0 amide bonds. The summed E-state index contributed by atoms with van der Waals surface area (Å²) < 4.78 is 14.0. The molecule has 0 N–H and O–H groups in total. The van der Waals surface area contributed by atoms with E-state index in [1.165, 1.54) is 18.4 Å². The summed E-state index contributed by atoms with van der Waals surface area (Å²) in [5, 5.41) is 4.23. The Morgan fingerprint density at radius 1 is 0.925 bits per heavy atom. The van der Waals surface area contributed by atoms with Crippen LogP contribution in [-0.2, 0) is 22.6 Å². The Morgan fingerprint density at radius 2 is 1.70 bits per heavy atom. The molecule has 1 aliphatic rings. The first kappa shape index (κ1) is 25.6. The highest BCUT2D eigenvalue weighted by atomic mass is 32.1. The van der Waals surface area contributed by atoms with Gasteiger partial charge in [0.15, 0.2) is 0 Å². The molecule has 0 fully saturated rings. The second-order valence-electron chi connectivity index (χ2n) is 9.40. The number of thiazole rings is 1. The van der Waals surface area contributed by atoms with Crippen molar-refractivity contribution in [2.75, 3.05) is 13.7 Å². The van der Waals surface area contributed by atoms with Gasteiger partial charge in [0.05, 0.1) is 22.7 Å². The summed E-state index contributed by atoms with van der Waals surface area (Å²) in [7, 11) is 1.52. The number of carbonyl (C=O) groups excluding carboxylic acids is 1. The summed E-state index contributed by atoms with van der Waals surface area (Å²) >= 11 is 1.20. The van der Waals surface area contributed by atoms with Crippen LogP contribution in [0.4, 0.5) is 0 Å². The zero-order valence-electron chi connectivity index (χ0n) is 21.8. The summed E-state index contributed by atoms with van der Waals surface area (Å²) in [6.45, 7) is 0.762. The van der Waals surface area contributed by atoms with E-state index in [2.05, 4.69) is 5.16 Å². The molecule has 2 heterocycles. The molecule has 7 nitrogen and oxygen atoms in total. The predicted octanol–water partition coefficient (Wildman–Crippen LogP) is 5.79. The highest BCUT2D eigenvalue weighted by Crippen LogP contribution is 2.36. The normalized spacial score (nSPS) is 14.7. The molecule has 5 aromatic rings. The van der Waals surface area contributed by atoms with Crippen molar-refractivity contribution in [3.63, 3.8) is 0 Å². The lowest BCUT2D eigenvalue weighted by Gasteiger charge is -2.10. The van der Waals surface area contributed by atoms with Crippen molar-refractivity contribution in [3.05, 3.63) is 129 Å². The largest absolute Gasteiger partial charge is 0.492 e. The van der Waals surface area contributed by atoms with Crippen molar-refractivity contribution in [2.24, 2.45) is 5.16 Å². The first-order chi connectivity index (χ1) is 19.6. The molecule has 0 radical (unpaired) electrons. The maximum atomic E-state index is 12.8. The van der Waals surface area contributed by atoms with Gasteiger partial charge < -0.3 is 14.3 Å². The van der Waals surface area contributed by atoms with E-state index in [9.17, 15) is 9.59 Å². The van der Waals surface area contributed by atoms with Crippen LogP contribution < -0.4 is 14.3 Å². The van der Waals surface area contributed by atoms with E-state index in [-0.39, 0.29) is 16.8 Å². The minimum Gasteiger partial charge on any atom is -0.492 e. The third kappa shape index (κ3) is 5.13. The molecule has 0 spiro atoms. The van der Waals surface area contributed by atoms with Gasteiger partial charge in [0.1, 0.15) is 30.9 Å². The van der Waals surface area contributed by atoms with Crippen LogP contribution in [0.2, 0.25) is 0 Å². The fourth-order valence-corrected chi connectivity index (χ4v) is 5.91. The Labute approximate surface area is 234 Å². The summed E-state index contributed by atoms with van der Waals surface area (Å²) in [5.41, 5.74) is 5.32. The molecule has 6 rings (SSSR count). The number of fused-ring (bicyclic) bond motifs is 2. The topological polar surface area (TPSA) is 79.1 Å². The highest BCUT2D eigenvalue weighted by Gasteiger charge is 2.32. The number of nitrogens with zero attached hydrogens (tertiary/aromatic N) is 2. The van der Waals surface area contributed by atoms with Gasteiger partial charge in [-0.3, -0.25) is 14.2 Å². The van der Waals surface area contributed by atoms with Crippen molar-refractivity contribution in [1.29, 1.82) is 0 Å². The Balaban J connectivity index is 1.12. The lowest BCUT2D eigenvalue weighted by Crippen LogP contribution is -2.17. The monoisotopic (exact) mass is 550 g/mol. The third-order valence-corrected chi connectivity index (χ3v) is 7.85. The Kier molecular flexibility index (Phi) is 7.16. The van der Waals surface area contributed by atoms with Crippen molar-refractivity contribution < 1.29 is 19.1 Å². The SMILES string of the molecule is CON=C(c1ccccc1)c1ccc2c(c1)sc(=O)n2CCOc1ccc(CC2C(=O)Oc3ccccc32)cc1. The summed E-state index contributed by atoms with van der Waals surface area (Å²) in [4.78, 5) is 30.2. The summed E-state index contributed by atoms with van der Waals surface area (Å²) in [5.74, 6) is 0.831. The van der Waals surface area contributed by atoms with Crippen LogP contribution in [0.25, 0.3) is 10.2 Å². The highest BCUT2D eigenvalue weighted by molar-refractivity contribution is 7.16. The lowest BCUT2D eigenvalue weighted by molar-refractivity contribution is -0.134. The van der Waals surface area contributed by atoms with E-state index in [1.807, 2.05) is 97.1 Å². The second-order valence-corrected chi connectivity index (χ2v) is 10.4.